The van der Waals surface area contributed by atoms with E-state index in [2.05, 4.69) is 11.1 Å². The van der Waals surface area contributed by atoms with Crippen molar-refractivity contribution < 1.29 is 9.13 Å². The summed E-state index contributed by atoms with van der Waals surface area (Å²) in [5, 5.41) is 9.67. The number of hydrogen-bond acceptors (Lipinski definition) is 3. The van der Waals surface area contributed by atoms with E-state index in [1.165, 1.54) is 6.07 Å². The van der Waals surface area contributed by atoms with E-state index in [-0.39, 0.29) is 5.82 Å². The van der Waals surface area contributed by atoms with Gasteiger partial charge in [0.25, 0.3) is 0 Å². The first-order chi connectivity index (χ1) is 11.7. The number of nitriles is 1. The number of aromatic nitrogens is 1. The van der Waals surface area contributed by atoms with Gasteiger partial charge >= 0.3 is 0 Å². The van der Waals surface area contributed by atoms with Gasteiger partial charge in [0.05, 0.1) is 18.4 Å². The van der Waals surface area contributed by atoms with Crippen LogP contribution in [0, 0.1) is 24.1 Å². The van der Waals surface area contributed by atoms with Gasteiger partial charge in [-0.05, 0) is 42.8 Å². The van der Waals surface area contributed by atoms with E-state index < -0.39 is 0 Å². The number of benzene rings is 2. The Kier molecular flexibility index (Phi) is 4.26. The molecule has 0 spiro atoms. The average molecular weight is 318 g/mol. The molecule has 24 heavy (non-hydrogen) atoms. The number of pyridine rings is 1. The molecule has 1 heterocycles. The molecule has 3 rings (SSSR count). The highest BCUT2D eigenvalue weighted by molar-refractivity contribution is 5.81. The molecule has 0 aliphatic rings. The van der Waals surface area contributed by atoms with E-state index in [0.29, 0.717) is 22.4 Å². The van der Waals surface area contributed by atoms with Gasteiger partial charge in [-0.1, -0.05) is 18.2 Å². The molecule has 0 unspecified atom stereocenters. The SMILES string of the molecule is COc1ccc(-c2nccc(-c3ccccc3F)c2C#N)c(C)c1. The molecule has 0 aliphatic carbocycles. The first kappa shape index (κ1) is 15.7. The third-order valence-corrected chi connectivity index (χ3v) is 3.92. The standard InChI is InChI=1S/C20H15FN2O/c1-13-11-14(24-2)7-8-15(13)20-18(12-22)16(9-10-23-20)17-5-3-4-6-19(17)21/h3-11H,1-2H3. The van der Waals surface area contributed by atoms with Gasteiger partial charge in [-0.3, -0.25) is 4.98 Å². The summed E-state index contributed by atoms with van der Waals surface area (Å²) in [5.41, 5.74) is 3.59. The van der Waals surface area contributed by atoms with Crippen molar-refractivity contribution in [3.05, 3.63) is 71.7 Å². The molecule has 0 atom stereocenters. The minimum Gasteiger partial charge on any atom is -0.497 e. The molecule has 4 heteroatoms. The second-order valence-electron chi connectivity index (χ2n) is 5.35. The number of aryl methyl sites for hydroxylation is 1. The molecular weight excluding hydrogens is 303 g/mol. The van der Waals surface area contributed by atoms with Gasteiger partial charge in [-0.2, -0.15) is 5.26 Å². The fraction of sp³-hybridized carbons (Fsp3) is 0.100. The van der Waals surface area contributed by atoms with Crippen LogP contribution in [0.1, 0.15) is 11.1 Å². The lowest BCUT2D eigenvalue weighted by Gasteiger charge is -2.12. The van der Waals surface area contributed by atoms with Crippen LogP contribution in [0.25, 0.3) is 22.4 Å². The van der Waals surface area contributed by atoms with E-state index >= 15 is 0 Å². The lowest BCUT2D eigenvalue weighted by atomic mass is 9.94. The Bertz CT molecular complexity index is 945. The largest absolute Gasteiger partial charge is 0.497 e. The first-order valence-corrected chi connectivity index (χ1v) is 7.44. The van der Waals surface area contributed by atoms with Crippen LogP contribution in [0.5, 0.6) is 5.75 Å². The summed E-state index contributed by atoms with van der Waals surface area (Å²) in [6, 6.07) is 15.8. The summed E-state index contributed by atoms with van der Waals surface area (Å²) >= 11 is 0. The highest BCUT2D eigenvalue weighted by atomic mass is 19.1. The van der Waals surface area contributed by atoms with Gasteiger partial charge in [0.1, 0.15) is 17.6 Å². The van der Waals surface area contributed by atoms with Gasteiger partial charge in [0.2, 0.25) is 0 Å². The van der Waals surface area contributed by atoms with E-state index in [9.17, 15) is 9.65 Å². The van der Waals surface area contributed by atoms with E-state index in [0.717, 1.165) is 16.9 Å². The maximum absolute atomic E-state index is 14.2. The summed E-state index contributed by atoms with van der Waals surface area (Å²) in [6.45, 7) is 1.93. The molecule has 1 aromatic heterocycles. The zero-order chi connectivity index (χ0) is 17.1. The molecule has 0 amide bonds. The monoisotopic (exact) mass is 318 g/mol. The van der Waals surface area contributed by atoms with Crippen LogP contribution in [0.15, 0.2) is 54.7 Å². The Labute approximate surface area is 140 Å². The number of rotatable bonds is 3. The van der Waals surface area contributed by atoms with Crippen LogP contribution in [0.3, 0.4) is 0 Å². The molecule has 118 valence electrons. The maximum Gasteiger partial charge on any atom is 0.131 e. The van der Waals surface area contributed by atoms with Gasteiger partial charge in [0, 0.05) is 22.9 Å². The number of halogens is 1. The molecule has 0 saturated heterocycles. The number of nitrogens with zero attached hydrogens (tertiary/aromatic N) is 2. The molecule has 0 aliphatic heterocycles. The van der Waals surface area contributed by atoms with Crippen LogP contribution in [0.2, 0.25) is 0 Å². The zero-order valence-electron chi connectivity index (χ0n) is 13.4. The highest BCUT2D eigenvalue weighted by Crippen LogP contribution is 2.33. The summed E-state index contributed by atoms with van der Waals surface area (Å²) in [5.74, 6) is 0.373. The molecule has 3 aromatic rings. The Morgan fingerprint density at radius 3 is 2.50 bits per heavy atom. The van der Waals surface area contributed by atoms with Crippen molar-refractivity contribution in [3.63, 3.8) is 0 Å². The zero-order valence-corrected chi connectivity index (χ0v) is 13.4. The lowest BCUT2D eigenvalue weighted by molar-refractivity contribution is 0.414. The number of hydrogen-bond donors (Lipinski definition) is 0. The predicted molar refractivity (Wildman–Crippen MR) is 91.1 cm³/mol. The molecule has 2 aromatic carbocycles. The lowest BCUT2D eigenvalue weighted by Crippen LogP contribution is -1.96. The first-order valence-electron chi connectivity index (χ1n) is 7.44. The predicted octanol–water partition coefficient (Wildman–Crippen LogP) is 4.74. The fourth-order valence-electron chi connectivity index (χ4n) is 2.71. The summed E-state index contributed by atoms with van der Waals surface area (Å²) in [6.07, 6.45) is 1.60. The fourth-order valence-corrected chi connectivity index (χ4v) is 2.71. The van der Waals surface area contributed by atoms with E-state index in [1.807, 2.05) is 25.1 Å². The second-order valence-corrected chi connectivity index (χ2v) is 5.35. The third kappa shape index (κ3) is 2.72. The topological polar surface area (TPSA) is 45.9 Å². The van der Waals surface area contributed by atoms with Crippen molar-refractivity contribution >= 4 is 0 Å². The van der Waals surface area contributed by atoms with Crippen molar-refractivity contribution in [1.29, 1.82) is 5.26 Å². The number of methoxy groups -OCH3 is 1. The van der Waals surface area contributed by atoms with Crippen LogP contribution in [-0.4, -0.2) is 12.1 Å². The Balaban J connectivity index is 2.23. The van der Waals surface area contributed by atoms with Gasteiger partial charge in [-0.15, -0.1) is 0 Å². The average Bonchev–Trinajstić information content (AvgIpc) is 2.61. The Morgan fingerprint density at radius 1 is 1.04 bits per heavy atom. The van der Waals surface area contributed by atoms with Crippen molar-refractivity contribution in [3.8, 4) is 34.2 Å². The Hall–Kier alpha value is -3.19. The van der Waals surface area contributed by atoms with Crippen LogP contribution < -0.4 is 4.74 Å². The third-order valence-electron chi connectivity index (χ3n) is 3.92. The molecule has 0 fully saturated rings. The normalized spacial score (nSPS) is 10.2. The molecule has 0 N–H and O–H groups in total. The van der Waals surface area contributed by atoms with Crippen molar-refractivity contribution in [2.45, 2.75) is 6.92 Å². The molecular formula is C20H15FN2O. The number of ether oxygens (including phenoxy) is 1. The second kappa shape index (κ2) is 6.51. The molecule has 3 nitrogen and oxygen atoms in total. The van der Waals surface area contributed by atoms with Gasteiger partial charge in [-0.25, -0.2) is 4.39 Å². The minimum atomic E-state index is -0.363. The minimum absolute atomic E-state index is 0.357. The van der Waals surface area contributed by atoms with Crippen LogP contribution in [0.4, 0.5) is 4.39 Å². The molecule has 0 saturated carbocycles. The summed E-state index contributed by atoms with van der Waals surface area (Å²) < 4.78 is 19.4. The molecule has 0 radical (unpaired) electrons. The van der Waals surface area contributed by atoms with Crippen molar-refractivity contribution in [1.82, 2.24) is 4.98 Å². The van der Waals surface area contributed by atoms with E-state index in [4.69, 9.17) is 4.74 Å². The van der Waals surface area contributed by atoms with Gasteiger partial charge in [0.15, 0.2) is 0 Å². The highest BCUT2D eigenvalue weighted by Gasteiger charge is 2.16. The van der Waals surface area contributed by atoms with Gasteiger partial charge < -0.3 is 4.74 Å². The molecule has 0 bridgehead atoms. The van der Waals surface area contributed by atoms with Crippen LogP contribution >= 0.6 is 0 Å². The van der Waals surface area contributed by atoms with Crippen LogP contribution in [-0.2, 0) is 0 Å². The van der Waals surface area contributed by atoms with E-state index in [1.54, 1.807) is 37.6 Å². The summed E-state index contributed by atoms with van der Waals surface area (Å²) in [7, 11) is 1.60. The van der Waals surface area contributed by atoms with Crippen molar-refractivity contribution in [2.75, 3.05) is 7.11 Å². The summed E-state index contributed by atoms with van der Waals surface area (Å²) in [4.78, 5) is 4.37. The maximum atomic E-state index is 14.2. The quantitative estimate of drug-likeness (QED) is 0.700. The smallest absolute Gasteiger partial charge is 0.131 e. The Morgan fingerprint density at radius 2 is 1.83 bits per heavy atom. The van der Waals surface area contributed by atoms with Crippen molar-refractivity contribution in [2.24, 2.45) is 0 Å².